The van der Waals surface area contributed by atoms with E-state index in [2.05, 4.69) is 5.32 Å². The molecule has 0 unspecified atom stereocenters. The Bertz CT molecular complexity index is 1650. The van der Waals surface area contributed by atoms with Crippen LogP contribution >= 0.6 is 23.2 Å². The van der Waals surface area contributed by atoms with Crippen LogP contribution in [0.3, 0.4) is 0 Å². The zero-order valence-electron chi connectivity index (χ0n) is 26.8. The molecule has 0 aliphatic rings. The maximum atomic E-state index is 14.4. The van der Waals surface area contributed by atoms with Crippen LogP contribution in [0.15, 0.2) is 59.5 Å². The molecular formula is C32H39Cl2N3O8S. The Kier molecular flexibility index (Phi) is 12.8. The lowest BCUT2D eigenvalue weighted by molar-refractivity contribution is -0.139. The number of halogens is 2. The number of methoxy groups -OCH3 is 4. The highest BCUT2D eigenvalue weighted by atomic mass is 35.5. The number of ether oxygens (including phenoxy) is 4. The van der Waals surface area contributed by atoms with Crippen LogP contribution in [0.25, 0.3) is 0 Å². The molecule has 0 heterocycles. The van der Waals surface area contributed by atoms with Crippen molar-refractivity contribution in [2.75, 3.05) is 45.8 Å². The van der Waals surface area contributed by atoms with Crippen molar-refractivity contribution in [3.63, 3.8) is 0 Å². The summed E-state index contributed by atoms with van der Waals surface area (Å²) < 4.78 is 51.2. The number of amides is 2. The van der Waals surface area contributed by atoms with E-state index in [1.54, 1.807) is 31.2 Å². The molecule has 14 heteroatoms. The standard InChI is InChI=1S/C32H39Cl2N3O8S/c1-20(2)17-35-32(39)21(3)36(18-22-8-11-25(33)26(34)14-22)31(38)19-37(27-15-23(42-4)9-12-28(27)43-5)46(40,41)24-10-13-29(44-6)30(16-24)45-7/h8-16,20-21H,17-19H2,1-7H3,(H,35,39)/t21-/m0/s1. The van der Waals surface area contributed by atoms with Crippen LogP contribution in [0.2, 0.25) is 10.0 Å². The molecular weight excluding hydrogens is 657 g/mol. The first-order valence-corrected chi connectivity index (χ1v) is 16.4. The Morgan fingerprint density at radius 3 is 2.04 bits per heavy atom. The molecule has 2 amide bonds. The number of sulfonamides is 1. The molecule has 0 spiro atoms. The summed E-state index contributed by atoms with van der Waals surface area (Å²) in [6.07, 6.45) is 0. The van der Waals surface area contributed by atoms with Crippen molar-refractivity contribution in [1.29, 1.82) is 0 Å². The number of hydrogen-bond acceptors (Lipinski definition) is 8. The van der Waals surface area contributed by atoms with Crippen molar-refractivity contribution in [1.82, 2.24) is 10.2 Å². The third kappa shape index (κ3) is 8.68. The van der Waals surface area contributed by atoms with Crippen LogP contribution in [-0.4, -0.2) is 72.7 Å². The lowest BCUT2D eigenvalue weighted by Crippen LogP contribution is -2.51. The average Bonchev–Trinajstić information content (AvgIpc) is 3.05. The Hall–Kier alpha value is -3.87. The van der Waals surface area contributed by atoms with Gasteiger partial charge in [0.25, 0.3) is 10.0 Å². The lowest BCUT2D eigenvalue weighted by atomic mass is 10.1. The molecule has 1 N–H and O–H groups in total. The third-order valence-corrected chi connectivity index (χ3v) is 9.56. The highest BCUT2D eigenvalue weighted by molar-refractivity contribution is 7.92. The van der Waals surface area contributed by atoms with Crippen molar-refractivity contribution in [2.45, 2.75) is 38.3 Å². The molecule has 0 saturated heterocycles. The zero-order chi connectivity index (χ0) is 34.2. The molecule has 0 aromatic heterocycles. The van der Waals surface area contributed by atoms with Gasteiger partial charge in [-0.3, -0.25) is 13.9 Å². The lowest BCUT2D eigenvalue weighted by Gasteiger charge is -2.32. The fraction of sp³-hybridized carbons (Fsp3) is 0.375. The van der Waals surface area contributed by atoms with Gasteiger partial charge in [-0.2, -0.15) is 0 Å². The number of anilines is 1. The number of rotatable bonds is 15. The number of carbonyl (C=O) groups excluding carboxylic acids is 2. The molecule has 0 aliphatic heterocycles. The summed E-state index contributed by atoms with van der Waals surface area (Å²) in [6.45, 7) is 5.09. The van der Waals surface area contributed by atoms with Gasteiger partial charge in [0.05, 0.1) is 49.1 Å². The normalized spacial score (nSPS) is 11.9. The van der Waals surface area contributed by atoms with Gasteiger partial charge in [0.1, 0.15) is 24.1 Å². The fourth-order valence-electron chi connectivity index (χ4n) is 4.48. The first-order chi connectivity index (χ1) is 21.8. The van der Waals surface area contributed by atoms with Crippen molar-refractivity contribution in [2.24, 2.45) is 5.92 Å². The van der Waals surface area contributed by atoms with E-state index < -0.39 is 34.4 Å². The minimum Gasteiger partial charge on any atom is -0.497 e. The summed E-state index contributed by atoms with van der Waals surface area (Å²) in [5.41, 5.74) is 0.621. The van der Waals surface area contributed by atoms with Gasteiger partial charge < -0.3 is 29.2 Å². The van der Waals surface area contributed by atoms with Gasteiger partial charge >= 0.3 is 0 Å². The summed E-state index contributed by atoms with van der Waals surface area (Å²) in [7, 11) is 1.15. The Morgan fingerprint density at radius 1 is 0.804 bits per heavy atom. The topological polar surface area (TPSA) is 124 Å². The monoisotopic (exact) mass is 695 g/mol. The third-order valence-electron chi connectivity index (χ3n) is 7.07. The summed E-state index contributed by atoms with van der Waals surface area (Å²) in [4.78, 5) is 28.6. The van der Waals surface area contributed by atoms with Crippen LogP contribution in [0.1, 0.15) is 26.3 Å². The molecule has 0 aliphatic carbocycles. The summed E-state index contributed by atoms with van der Waals surface area (Å²) in [5, 5.41) is 3.44. The van der Waals surface area contributed by atoms with Crippen LogP contribution in [-0.2, 0) is 26.2 Å². The van der Waals surface area contributed by atoms with Gasteiger partial charge in [-0.05, 0) is 54.8 Å². The van der Waals surface area contributed by atoms with E-state index in [1.165, 1.54) is 63.7 Å². The predicted octanol–water partition coefficient (Wildman–Crippen LogP) is 5.41. The highest BCUT2D eigenvalue weighted by Gasteiger charge is 2.34. The molecule has 11 nitrogen and oxygen atoms in total. The number of nitrogens with one attached hydrogen (secondary N) is 1. The minimum atomic E-state index is -4.47. The van der Waals surface area contributed by atoms with Gasteiger partial charge in [0, 0.05) is 25.2 Å². The van der Waals surface area contributed by atoms with Crippen LogP contribution in [0.5, 0.6) is 23.0 Å². The van der Waals surface area contributed by atoms with Gasteiger partial charge in [0.2, 0.25) is 11.8 Å². The number of benzene rings is 3. The van der Waals surface area contributed by atoms with Crippen molar-refractivity contribution in [3.05, 3.63) is 70.2 Å². The van der Waals surface area contributed by atoms with Crippen LogP contribution in [0, 0.1) is 5.92 Å². The molecule has 3 rings (SSSR count). The van der Waals surface area contributed by atoms with Crippen LogP contribution in [0.4, 0.5) is 5.69 Å². The maximum absolute atomic E-state index is 14.4. The smallest absolute Gasteiger partial charge is 0.265 e. The molecule has 46 heavy (non-hydrogen) atoms. The van der Waals surface area contributed by atoms with Gasteiger partial charge in [-0.15, -0.1) is 0 Å². The first kappa shape index (κ1) is 36.6. The molecule has 250 valence electrons. The molecule has 0 saturated carbocycles. The van der Waals surface area contributed by atoms with E-state index in [9.17, 15) is 18.0 Å². The van der Waals surface area contributed by atoms with Crippen LogP contribution < -0.4 is 28.6 Å². The quantitative estimate of drug-likeness (QED) is 0.224. The largest absolute Gasteiger partial charge is 0.497 e. The molecule has 0 bridgehead atoms. The number of nitrogens with zero attached hydrogens (tertiary/aromatic N) is 2. The fourth-order valence-corrected chi connectivity index (χ4v) is 6.23. The minimum absolute atomic E-state index is 0.0383. The molecule has 3 aromatic carbocycles. The average molecular weight is 697 g/mol. The summed E-state index contributed by atoms with van der Waals surface area (Å²) in [6, 6.07) is 12.5. The van der Waals surface area contributed by atoms with Crippen molar-refractivity contribution < 1.29 is 37.0 Å². The molecule has 1 atom stereocenters. The Morgan fingerprint density at radius 2 is 1.46 bits per heavy atom. The van der Waals surface area contributed by atoms with E-state index in [1.807, 2.05) is 13.8 Å². The SMILES string of the molecule is COc1ccc(OC)c(N(CC(=O)N(Cc2ccc(Cl)c(Cl)c2)[C@@H](C)C(=O)NCC(C)C)S(=O)(=O)c2ccc(OC)c(OC)c2)c1. The van der Waals surface area contributed by atoms with E-state index in [4.69, 9.17) is 42.1 Å². The molecule has 0 fully saturated rings. The molecule has 0 radical (unpaired) electrons. The van der Waals surface area contributed by atoms with Gasteiger partial charge in [0.15, 0.2) is 11.5 Å². The van der Waals surface area contributed by atoms with E-state index >= 15 is 0 Å². The van der Waals surface area contributed by atoms with E-state index in [0.717, 1.165) is 4.31 Å². The second kappa shape index (κ2) is 16.1. The van der Waals surface area contributed by atoms with E-state index in [-0.39, 0.29) is 39.6 Å². The zero-order valence-corrected chi connectivity index (χ0v) is 29.1. The Balaban J connectivity index is 2.17. The van der Waals surface area contributed by atoms with Crippen molar-refractivity contribution in [3.8, 4) is 23.0 Å². The first-order valence-electron chi connectivity index (χ1n) is 14.2. The predicted molar refractivity (Wildman–Crippen MR) is 178 cm³/mol. The second-order valence-electron chi connectivity index (χ2n) is 10.7. The van der Waals surface area contributed by atoms with E-state index in [0.29, 0.717) is 28.6 Å². The Labute approximate surface area is 280 Å². The maximum Gasteiger partial charge on any atom is 0.265 e. The number of carbonyl (C=O) groups is 2. The summed E-state index contributed by atoms with van der Waals surface area (Å²) in [5.74, 6) is 0.0584. The van der Waals surface area contributed by atoms with Crippen molar-refractivity contribution >= 4 is 50.7 Å². The van der Waals surface area contributed by atoms with Gasteiger partial charge in [-0.25, -0.2) is 8.42 Å². The molecule has 3 aromatic rings. The second-order valence-corrected chi connectivity index (χ2v) is 13.3. The number of hydrogen-bond donors (Lipinski definition) is 1. The highest BCUT2D eigenvalue weighted by Crippen LogP contribution is 2.38. The summed E-state index contributed by atoms with van der Waals surface area (Å²) >= 11 is 12.4. The van der Waals surface area contributed by atoms with Gasteiger partial charge in [-0.1, -0.05) is 43.1 Å².